The van der Waals surface area contributed by atoms with Gasteiger partial charge in [0.25, 0.3) is 0 Å². The van der Waals surface area contributed by atoms with Crippen molar-refractivity contribution >= 4 is 50.7 Å². The van der Waals surface area contributed by atoms with Crippen LogP contribution in [0.15, 0.2) is 150 Å². The number of para-hydroxylation sites is 1. The maximum absolute atomic E-state index is 6.42. The first kappa shape index (κ1) is 25.8. The van der Waals surface area contributed by atoms with Crippen LogP contribution < -0.4 is 21.3 Å². The van der Waals surface area contributed by atoms with Crippen molar-refractivity contribution in [2.75, 3.05) is 10.2 Å². The summed E-state index contributed by atoms with van der Waals surface area (Å²) in [5.74, 6) is 0.440. The van der Waals surface area contributed by atoms with Gasteiger partial charge < -0.3 is 21.3 Å². The predicted molar refractivity (Wildman–Crippen MR) is 184 cm³/mol. The molecule has 0 aliphatic carbocycles. The van der Waals surface area contributed by atoms with Crippen molar-refractivity contribution in [2.45, 2.75) is 12.5 Å². The minimum atomic E-state index is -0.418. The number of hydrogen-bond donors (Lipinski definition) is 3. The zero-order valence-electron chi connectivity index (χ0n) is 23.9. The molecule has 2 atom stereocenters. The van der Waals surface area contributed by atoms with Crippen LogP contribution in [0.25, 0.3) is 32.7 Å². The molecule has 6 heteroatoms. The average Bonchev–Trinajstić information content (AvgIpc) is 3.51. The largest absolute Gasteiger partial charge is 0.383 e. The molecule has 212 valence electrons. The van der Waals surface area contributed by atoms with E-state index in [2.05, 4.69) is 141 Å². The first-order valence-corrected chi connectivity index (χ1v) is 14.8. The number of allylic oxidation sites excluding steroid dienone is 1. The van der Waals surface area contributed by atoms with Crippen molar-refractivity contribution in [1.82, 2.24) is 5.32 Å². The Kier molecular flexibility index (Phi) is 6.30. The molecule has 6 aromatic rings. The molecular formula is C38H30N6. The van der Waals surface area contributed by atoms with Gasteiger partial charge in [-0.3, -0.25) is 0 Å². The molecule has 6 aromatic carbocycles. The number of rotatable bonds is 5. The van der Waals surface area contributed by atoms with E-state index in [1.807, 2.05) is 24.4 Å². The van der Waals surface area contributed by atoms with Crippen molar-refractivity contribution in [3.63, 3.8) is 0 Å². The fourth-order valence-electron chi connectivity index (χ4n) is 6.33. The Morgan fingerprint density at radius 1 is 0.705 bits per heavy atom. The second kappa shape index (κ2) is 10.7. The molecule has 0 radical (unpaired) electrons. The average molecular weight is 571 g/mol. The number of nitrogens with one attached hydrogen (secondary N) is 2. The highest BCUT2D eigenvalue weighted by Crippen LogP contribution is 2.53. The first-order valence-electron chi connectivity index (χ1n) is 14.8. The highest BCUT2D eigenvalue weighted by Gasteiger charge is 2.34. The molecule has 2 aliphatic heterocycles. The van der Waals surface area contributed by atoms with Gasteiger partial charge in [0.05, 0.1) is 11.4 Å². The van der Waals surface area contributed by atoms with Gasteiger partial charge in [-0.25, -0.2) is 9.98 Å². The molecule has 0 amide bonds. The number of nitrogens with zero attached hydrogens (tertiary/aromatic N) is 3. The predicted octanol–water partition coefficient (Wildman–Crippen LogP) is 8.10. The monoisotopic (exact) mass is 570 g/mol. The Bertz CT molecular complexity index is 2110. The van der Waals surface area contributed by atoms with Crippen LogP contribution in [-0.2, 0) is 0 Å². The molecule has 0 aromatic heterocycles. The van der Waals surface area contributed by atoms with Crippen LogP contribution >= 0.6 is 0 Å². The highest BCUT2D eigenvalue weighted by molar-refractivity contribution is 6.22. The SMILES string of the molecule is NC(=NC1N=CC=CN1)c1cccc(-c2cccc(C3Nc4c(c5ccccc5c5ccccc45)N3c3ccccc3)c2)c1. The lowest BCUT2D eigenvalue weighted by molar-refractivity contribution is 0.641. The summed E-state index contributed by atoms with van der Waals surface area (Å²) in [6.07, 6.45) is 4.84. The van der Waals surface area contributed by atoms with Crippen LogP contribution in [-0.4, -0.2) is 18.3 Å². The van der Waals surface area contributed by atoms with Crippen molar-refractivity contribution in [3.05, 3.63) is 151 Å². The molecule has 8 rings (SSSR count). The third-order valence-corrected chi connectivity index (χ3v) is 8.33. The third-order valence-electron chi connectivity index (χ3n) is 8.33. The second-order valence-electron chi connectivity index (χ2n) is 11.0. The Balaban J connectivity index is 1.24. The zero-order valence-corrected chi connectivity index (χ0v) is 23.9. The normalized spacial score (nSPS) is 17.5. The van der Waals surface area contributed by atoms with Crippen molar-refractivity contribution < 1.29 is 0 Å². The van der Waals surface area contributed by atoms with E-state index in [0.717, 1.165) is 33.6 Å². The topological polar surface area (TPSA) is 78.0 Å². The van der Waals surface area contributed by atoms with Gasteiger partial charge in [-0.1, -0.05) is 103 Å². The maximum atomic E-state index is 6.42. The molecular weight excluding hydrogens is 540 g/mol. The van der Waals surface area contributed by atoms with Crippen molar-refractivity contribution in [2.24, 2.45) is 15.7 Å². The van der Waals surface area contributed by atoms with E-state index in [4.69, 9.17) is 5.73 Å². The molecule has 2 heterocycles. The van der Waals surface area contributed by atoms with Crippen LogP contribution in [0.1, 0.15) is 17.3 Å². The summed E-state index contributed by atoms with van der Waals surface area (Å²) in [6, 6.07) is 45.0. The smallest absolute Gasteiger partial charge is 0.215 e. The van der Waals surface area contributed by atoms with E-state index in [1.165, 1.54) is 27.2 Å². The lowest BCUT2D eigenvalue weighted by Crippen LogP contribution is -2.26. The van der Waals surface area contributed by atoms with Crippen molar-refractivity contribution in [1.29, 1.82) is 0 Å². The van der Waals surface area contributed by atoms with E-state index < -0.39 is 6.29 Å². The summed E-state index contributed by atoms with van der Waals surface area (Å²) in [6.45, 7) is 0. The third kappa shape index (κ3) is 4.44. The van der Waals surface area contributed by atoms with Crippen LogP contribution in [0, 0.1) is 0 Å². The van der Waals surface area contributed by atoms with Gasteiger partial charge in [-0.2, -0.15) is 0 Å². The first-order chi connectivity index (χ1) is 21.7. The van der Waals surface area contributed by atoms with Gasteiger partial charge in [0.2, 0.25) is 6.29 Å². The number of hydrogen-bond acceptors (Lipinski definition) is 5. The van der Waals surface area contributed by atoms with Gasteiger partial charge >= 0.3 is 0 Å². The second-order valence-corrected chi connectivity index (χ2v) is 11.0. The van der Waals surface area contributed by atoms with E-state index in [0.29, 0.717) is 5.84 Å². The Labute approximate surface area is 255 Å². The van der Waals surface area contributed by atoms with Gasteiger partial charge in [0.1, 0.15) is 12.0 Å². The number of fused-ring (bicyclic) bond motifs is 6. The fourth-order valence-corrected chi connectivity index (χ4v) is 6.33. The van der Waals surface area contributed by atoms with E-state index >= 15 is 0 Å². The fraction of sp³-hybridized carbons (Fsp3) is 0.0526. The van der Waals surface area contributed by atoms with Crippen LogP contribution in [0.3, 0.4) is 0 Å². The van der Waals surface area contributed by atoms with Crippen LogP contribution in [0.2, 0.25) is 0 Å². The maximum Gasteiger partial charge on any atom is 0.215 e. The van der Waals surface area contributed by atoms with Gasteiger partial charge in [-0.15, -0.1) is 0 Å². The number of amidine groups is 1. The molecule has 0 saturated carbocycles. The Morgan fingerprint density at radius 3 is 2.16 bits per heavy atom. The summed E-state index contributed by atoms with van der Waals surface area (Å²) < 4.78 is 0. The van der Waals surface area contributed by atoms with E-state index in [9.17, 15) is 0 Å². The minimum absolute atomic E-state index is 0.111. The number of aliphatic imine (C=N–C) groups is 2. The molecule has 0 fully saturated rings. The van der Waals surface area contributed by atoms with Crippen molar-refractivity contribution in [3.8, 4) is 11.1 Å². The lowest BCUT2D eigenvalue weighted by atomic mass is 9.98. The molecule has 0 bridgehead atoms. The van der Waals surface area contributed by atoms with Crippen LogP contribution in [0.5, 0.6) is 0 Å². The summed E-state index contributed by atoms with van der Waals surface area (Å²) in [5.41, 5.74) is 14.1. The zero-order chi connectivity index (χ0) is 29.5. The Hall–Kier alpha value is -5.88. The summed E-state index contributed by atoms with van der Waals surface area (Å²) in [5, 5.41) is 12.0. The molecule has 0 spiro atoms. The summed E-state index contributed by atoms with van der Waals surface area (Å²) >= 11 is 0. The summed E-state index contributed by atoms with van der Waals surface area (Å²) in [7, 11) is 0. The van der Waals surface area contributed by atoms with Gasteiger partial charge in [-0.05, 0) is 57.8 Å². The molecule has 0 saturated heterocycles. The van der Waals surface area contributed by atoms with E-state index in [1.54, 1.807) is 6.21 Å². The quantitative estimate of drug-likeness (QED) is 0.111. The van der Waals surface area contributed by atoms with E-state index in [-0.39, 0.29) is 6.17 Å². The summed E-state index contributed by atoms with van der Waals surface area (Å²) in [4.78, 5) is 11.3. The lowest BCUT2D eigenvalue weighted by Gasteiger charge is -2.28. The molecule has 44 heavy (non-hydrogen) atoms. The highest BCUT2D eigenvalue weighted by atomic mass is 15.3. The Morgan fingerprint density at radius 2 is 1.39 bits per heavy atom. The van der Waals surface area contributed by atoms with Gasteiger partial charge in [0.15, 0.2) is 0 Å². The standard InChI is InChI=1S/C38H30N6/c39-36(43-38-40-21-10-22-41-38)27-13-8-11-25(23-27)26-12-9-14-28(24-26)37-42-34-32-19-6-4-17-30(32)31-18-5-7-20-33(31)35(34)44(37)29-15-2-1-3-16-29/h1-24,37-38,40,42H,(H2,39,43). The number of benzene rings is 6. The minimum Gasteiger partial charge on any atom is -0.383 e. The molecule has 6 nitrogen and oxygen atoms in total. The van der Waals surface area contributed by atoms with Gasteiger partial charge in [0, 0.05) is 34.4 Å². The van der Waals surface area contributed by atoms with Crippen LogP contribution in [0.4, 0.5) is 17.1 Å². The molecule has 2 aliphatic rings. The number of nitrogens with two attached hydrogens (primary N) is 1. The number of anilines is 3. The molecule has 4 N–H and O–H groups in total. The molecule has 2 unspecified atom stereocenters.